The molecule has 5 nitrogen and oxygen atoms in total. The van der Waals surface area contributed by atoms with Crippen LogP contribution >= 0.6 is 0 Å². The predicted octanol–water partition coefficient (Wildman–Crippen LogP) is 5.42. The molecular formula is C31H38N4O. The summed E-state index contributed by atoms with van der Waals surface area (Å²) in [4.78, 5) is 11.5. The Morgan fingerprint density at radius 2 is 1.75 bits per heavy atom. The van der Waals surface area contributed by atoms with Crippen molar-refractivity contribution in [3.63, 3.8) is 0 Å². The molecule has 0 amide bonds. The molecule has 0 bridgehead atoms. The van der Waals surface area contributed by atoms with Crippen molar-refractivity contribution < 1.29 is 5.11 Å². The monoisotopic (exact) mass is 482 g/mol. The van der Waals surface area contributed by atoms with Crippen molar-refractivity contribution in [1.82, 2.24) is 14.8 Å². The van der Waals surface area contributed by atoms with E-state index >= 15 is 0 Å². The van der Waals surface area contributed by atoms with Crippen molar-refractivity contribution in [3.05, 3.63) is 71.8 Å². The molecule has 6 rings (SSSR count). The minimum atomic E-state index is 0.481. The standard InChI is InChI=1S/C31H38N4O/c1-2-14-34(24-10-12-26-23(21-24)6-5-9-31(26)36)18-15-33-16-19-35(20-17-33)25-11-13-28-27-7-3-4-8-29(27)32-30(28)22-25/h3-9,11,13,22,24,32,36H,2,10,12,14-21H2,1H3. The highest BCUT2D eigenvalue weighted by Crippen LogP contribution is 2.31. The number of aromatic nitrogens is 1. The number of fused-ring (bicyclic) bond motifs is 4. The van der Waals surface area contributed by atoms with Gasteiger partial charge in [0.25, 0.3) is 0 Å². The first-order valence-electron chi connectivity index (χ1n) is 13.7. The second kappa shape index (κ2) is 10.2. The maximum absolute atomic E-state index is 10.2. The number of phenols is 1. The Morgan fingerprint density at radius 1 is 0.917 bits per heavy atom. The fourth-order valence-electron chi connectivity index (χ4n) is 6.38. The summed E-state index contributed by atoms with van der Waals surface area (Å²) in [5.74, 6) is 0.481. The molecule has 1 fully saturated rings. The van der Waals surface area contributed by atoms with Crippen LogP contribution in [0.5, 0.6) is 5.75 Å². The maximum Gasteiger partial charge on any atom is 0.119 e. The lowest BCUT2D eigenvalue weighted by Crippen LogP contribution is -2.50. The van der Waals surface area contributed by atoms with E-state index in [4.69, 9.17) is 0 Å². The molecule has 0 radical (unpaired) electrons. The summed E-state index contributed by atoms with van der Waals surface area (Å²) in [5, 5.41) is 12.8. The number of nitrogens with zero attached hydrogens (tertiary/aromatic N) is 3. The molecule has 4 aromatic rings. The predicted molar refractivity (Wildman–Crippen MR) is 150 cm³/mol. The molecule has 1 unspecified atom stereocenters. The number of benzene rings is 3. The molecule has 3 aromatic carbocycles. The highest BCUT2D eigenvalue weighted by Gasteiger charge is 2.26. The average molecular weight is 483 g/mol. The Morgan fingerprint density at radius 3 is 2.61 bits per heavy atom. The summed E-state index contributed by atoms with van der Waals surface area (Å²) in [5.41, 5.74) is 6.28. The lowest BCUT2D eigenvalue weighted by molar-refractivity contribution is 0.145. The minimum absolute atomic E-state index is 0.481. The third kappa shape index (κ3) is 4.58. The van der Waals surface area contributed by atoms with Crippen LogP contribution in [0.2, 0.25) is 0 Å². The molecule has 2 heterocycles. The van der Waals surface area contributed by atoms with Crippen molar-refractivity contribution in [1.29, 1.82) is 0 Å². The van der Waals surface area contributed by atoms with E-state index in [-0.39, 0.29) is 0 Å². The first-order chi connectivity index (χ1) is 17.7. The van der Waals surface area contributed by atoms with Gasteiger partial charge in [-0.25, -0.2) is 0 Å². The molecule has 5 heteroatoms. The van der Waals surface area contributed by atoms with Crippen molar-refractivity contribution in [2.75, 3.05) is 50.7 Å². The van der Waals surface area contributed by atoms with Crippen LogP contribution in [0.15, 0.2) is 60.7 Å². The molecule has 1 saturated heterocycles. The lowest BCUT2D eigenvalue weighted by atomic mass is 9.87. The van der Waals surface area contributed by atoms with Gasteiger partial charge in [0.15, 0.2) is 0 Å². The number of phenolic OH excluding ortho intramolecular Hbond substituents is 1. The third-order valence-corrected chi connectivity index (χ3v) is 8.39. The van der Waals surface area contributed by atoms with Crippen LogP contribution in [-0.2, 0) is 12.8 Å². The number of hydrogen-bond donors (Lipinski definition) is 2. The number of nitrogens with one attached hydrogen (secondary N) is 1. The van der Waals surface area contributed by atoms with E-state index in [2.05, 4.69) is 75.1 Å². The van der Waals surface area contributed by atoms with Crippen LogP contribution in [0, 0.1) is 0 Å². The average Bonchev–Trinajstić information content (AvgIpc) is 3.29. The summed E-state index contributed by atoms with van der Waals surface area (Å²) in [6.45, 7) is 10.1. The molecular weight excluding hydrogens is 444 g/mol. The molecule has 0 spiro atoms. The molecule has 2 N–H and O–H groups in total. The van der Waals surface area contributed by atoms with Crippen LogP contribution in [0.1, 0.15) is 30.9 Å². The minimum Gasteiger partial charge on any atom is -0.508 e. The van der Waals surface area contributed by atoms with Crippen LogP contribution in [0.25, 0.3) is 21.8 Å². The fraction of sp³-hybridized carbons (Fsp3) is 0.419. The largest absolute Gasteiger partial charge is 0.508 e. The van der Waals surface area contributed by atoms with Gasteiger partial charge in [0.05, 0.1) is 0 Å². The molecule has 1 aromatic heterocycles. The second-order valence-electron chi connectivity index (χ2n) is 10.6. The fourth-order valence-corrected chi connectivity index (χ4v) is 6.38. The molecule has 0 saturated carbocycles. The van der Waals surface area contributed by atoms with Crippen LogP contribution in [0.4, 0.5) is 5.69 Å². The number of anilines is 1. The summed E-state index contributed by atoms with van der Waals surface area (Å²) < 4.78 is 0. The van der Waals surface area contributed by atoms with Gasteiger partial charge >= 0.3 is 0 Å². The van der Waals surface area contributed by atoms with E-state index in [0.29, 0.717) is 11.8 Å². The van der Waals surface area contributed by atoms with Gasteiger partial charge in [0, 0.05) is 72.8 Å². The van der Waals surface area contributed by atoms with Gasteiger partial charge in [-0.2, -0.15) is 0 Å². The SMILES string of the molecule is CCCN(CCN1CCN(c2ccc3c(c2)[nH]c2ccccc23)CC1)C1CCc2c(O)cccc2C1. The van der Waals surface area contributed by atoms with Gasteiger partial charge < -0.3 is 15.0 Å². The molecule has 2 aliphatic rings. The Hall–Kier alpha value is -3.02. The number of rotatable bonds is 7. The van der Waals surface area contributed by atoms with Crippen molar-refractivity contribution in [2.24, 2.45) is 0 Å². The highest BCUT2D eigenvalue weighted by atomic mass is 16.3. The Bertz CT molecular complexity index is 1340. The summed E-state index contributed by atoms with van der Waals surface area (Å²) in [7, 11) is 0. The molecule has 1 aliphatic carbocycles. The van der Waals surface area contributed by atoms with Crippen molar-refractivity contribution in [2.45, 2.75) is 38.6 Å². The van der Waals surface area contributed by atoms with E-state index in [1.165, 1.54) is 45.0 Å². The van der Waals surface area contributed by atoms with Gasteiger partial charge in [0.1, 0.15) is 5.75 Å². The van der Waals surface area contributed by atoms with Gasteiger partial charge in [-0.05, 0) is 67.6 Å². The molecule has 36 heavy (non-hydrogen) atoms. The quantitative estimate of drug-likeness (QED) is 0.369. The lowest BCUT2D eigenvalue weighted by Gasteiger charge is -2.39. The van der Waals surface area contributed by atoms with E-state index < -0.39 is 0 Å². The number of piperazine rings is 1. The normalized spacial score (nSPS) is 18.8. The highest BCUT2D eigenvalue weighted by molar-refractivity contribution is 6.07. The number of aromatic amines is 1. The maximum atomic E-state index is 10.2. The smallest absolute Gasteiger partial charge is 0.119 e. The number of para-hydroxylation sites is 1. The topological polar surface area (TPSA) is 45.7 Å². The van der Waals surface area contributed by atoms with Crippen LogP contribution < -0.4 is 4.90 Å². The Kier molecular flexibility index (Phi) is 6.60. The molecule has 1 atom stereocenters. The van der Waals surface area contributed by atoms with Gasteiger partial charge in [-0.1, -0.05) is 43.3 Å². The summed E-state index contributed by atoms with van der Waals surface area (Å²) in [6.07, 6.45) is 4.39. The zero-order chi connectivity index (χ0) is 24.5. The van der Waals surface area contributed by atoms with E-state index in [9.17, 15) is 5.11 Å². The summed E-state index contributed by atoms with van der Waals surface area (Å²) >= 11 is 0. The first-order valence-corrected chi connectivity index (χ1v) is 13.7. The summed E-state index contributed by atoms with van der Waals surface area (Å²) in [6, 6.07) is 22.1. The van der Waals surface area contributed by atoms with Gasteiger partial charge in [-0.15, -0.1) is 0 Å². The zero-order valence-electron chi connectivity index (χ0n) is 21.4. The Balaban J connectivity index is 1.05. The molecule has 188 valence electrons. The number of hydrogen-bond acceptors (Lipinski definition) is 4. The zero-order valence-corrected chi connectivity index (χ0v) is 21.4. The van der Waals surface area contributed by atoms with Crippen LogP contribution in [-0.4, -0.2) is 71.7 Å². The number of H-pyrrole nitrogens is 1. The van der Waals surface area contributed by atoms with Crippen molar-refractivity contribution in [3.8, 4) is 5.75 Å². The van der Waals surface area contributed by atoms with E-state index in [1.807, 2.05) is 12.1 Å². The van der Waals surface area contributed by atoms with E-state index in [0.717, 1.165) is 65.1 Å². The van der Waals surface area contributed by atoms with Crippen LogP contribution in [0.3, 0.4) is 0 Å². The number of aromatic hydroxyl groups is 1. The van der Waals surface area contributed by atoms with Gasteiger partial charge in [-0.3, -0.25) is 9.80 Å². The third-order valence-electron chi connectivity index (χ3n) is 8.39. The second-order valence-corrected chi connectivity index (χ2v) is 10.6. The van der Waals surface area contributed by atoms with Gasteiger partial charge in [0.2, 0.25) is 0 Å². The van der Waals surface area contributed by atoms with E-state index in [1.54, 1.807) is 0 Å². The first kappa shape index (κ1) is 23.4. The van der Waals surface area contributed by atoms with Crippen molar-refractivity contribution >= 4 is 27.5 Å². The molecule has 1 aliphatic heterocycles. The Labute approximate surface area is 214 Å².